The summed E-state index contributed by atoms with van der Waals surface area (Å²) in [6.07, 6.45) is 0.680. The van der Waals surface area contributed by atoms with Crippen LogP contribution in [0.15, 0.2) is 40.9 Å². The van der Waals surface area contributed by atoms with Gasteiger partial charge in [-0.05, 0) is 36.4 Å². The Morgan fingerprint density at radius 1 is 1.17 bits per heavy atom. The second-order valence-electron chi connectivity index (χ2n) is 3.48. The molecule has 0 spiro atoms. The fourth-order valence-electron chi connectivity index (χ4n) is 1.37. The van der Waals surface area contributed by atoms with Crippen molar-refractivity contribution >= 4 is 33.8 Å². The van der Waals surface area contributed by atoms with E-state index in [2.05, 4.69) is 15.9 Å². The summed E-state index contributed by atoms with van der Waals surface area (Å²) in [5.41, 5.74) is 0.388. The molecule has 0 amide bonds. The molecule has 0 N–H and O–H groups in total. The highest BCUT2D eigenvalue weighted by molar-refractivity contribution is 9.10. The van der Waals surface area contributed by atoms with E-state index in [-0.39, 0.29) is 5.02 Å². The van der Waals surface area contributed by atoms with Crippen LogP contribution >= 0.6 is 27.5 Å². The van der Waals surface area contributed by atoms with Gasteiger partial charge < -0.3 is 4.74 Å². The molecule has 0 aliphatic heterocycles. The minimum Gasteiger partial charge on any atom is -0.455 e. The van der Waals surface area contributed by atoms with Crippen molar-refractivity contribution < 1.29 is 13.9 Å². The Kier molecular flexibility index (Phi) is 3.99. The van der Waals surface area contributed by atoms with Crippen molar-refractivity contribution in [3.63, 3.8) is 0 Å². The summed E-state index contributed by atoms with van der Waals surface area (Å²) in [5.74, 6) is 0.198. The van der Waals surface area contributed by atoms with E-state index < -0.39 is 5.82 Å². The Bertz CT molecular complexity index is 602. The van der Waals surface area contributed by atoms with Crippen molar-refractivity contribution in [2.45, 2.75) is 0 Å². The molecular formula is C13H7BrClFO2. The van der Waals surface area contributed by atoms with Crippen LogP contribution in [0.25, 0.3) is 0 Å². The summed E-state index contributed by atoms with van der Waals surface area (Å²) in [6.45, 7) is 0. The zero-order valence-electron chi connectivity index (χ0n) is 8.99. The van der Waals surface area contributed by atoms with Gasteiger partial charge >= 0.3 is 0 Å². The molecule has 2 aromatic carbocycles. The number of carbonyl (C=O) groups is 1. The average molecular weight is 330 g/mol. The Hall–Kier alpha value is -1.39. The zero-order chi connectivity index (χ0) is 13.1. The third-order valence-electron chi connectivity index (χ3n) is 2.22. The summed E-state index contributed by atoms with van der Waals surface area (Å²) in [7, 11) is 0. The van der Waals surface area contributed by atoms with Crippen LogP contribution in [0.2, 0.25) is 5.02 Å². The lowest BCUT2D eigenvalue weighted by molar-refractivity contribution is 0.112. The first-order chi connectivity index (χ1) is 8.60. The molecule has 0 aromatic heterocycles. The maximum absolute atomic E-state index is 12.9. The van der Waals surface area contributed by atoms with Crippen molar-refractivity contribution in [3.05, 3.63) is 57.3 Å². The number of halogens is 3. The van der Waals surface area contributed by atoms with Crippen LogP contribution in [-0.2, 0) is 0 Å². The summed E-state index contributed by atoms with van der Waals surface area (Å²) < 4.78 is 19.2. The summed E-state index contributed by atoms with van der Waals surface area (Å²) in [4.78, 5) is 10.9. The van der Waals surface area contributed by atoms with Crippen LogP contribution in [0.1, 0.15) is 10.4 Å². The number of benzene rings is 2. The molecule has 0 saturated heterocycles. The number of carbonyl (C=O) groups excluding carboxylic acids is 1. The fourth-order valence-corrected chi connectivity index (χ4v) is 1.92. The Balaban J connectivity index is 2.39. The molecule has 0 saturated carbocycles. The lowest BCUT2D eigenvalue weighted by Gasteiger charge is -2.09. The maximum Gasteiger partial charge on any atom is 0.153 e. The zero-order valence-corrected chi connectivity index (χ0v) is 11.3. The van der Waals surface area contributed by atoms with Crippen molar-refractivity contribution in [1.82, 2.24) is 0 Å². The van der Waals surface area contributed by atoms with Gasteiger partial charge in [0.25, 0.3) is 0 Å². The van der Waals surface area contributed by atoms with E-state index in [1.165, 1.54) is 12.1 Å². The van der Waals surface area contributed by atoms with E-state index in [1.807, 2.05) is 0 Å². The van der Waals surface area contributed by atoms with E-state index in [0.717, 1.165) is 10.5 Å². The lowest BCUT2D eigenvalue weighted by Crippen LogP contribution is -1.91. The highest BCUT2D eigenvalue weighted by Gasteiger charge is 2.08. The van der Waals surface area contributed by atoms with Crippen LogP contribution in [0.4, 0.5) is 4.39 Å². The van der Waals surface area contributed by atoms with Gasteiger partial charge in [-0.1, -0.05) is 27.5 Å². The quantitative estimate of drug-likeness (QED) is 0.753. The number of hydrogen-bond donors (Lipinski definition) is 0. The van der Waals surface area contributed by atoms with Crippen LogP contribution in [0.3, 0.4) is 0 Å². The normalized spacial score (nSPS) is 10.2. The van der Waals surface area contributed by atoms with Gasteiger partial charge in [0.2, 0.25) is 0 Å². The first kappa shape index (κ1) is 13.1. The largest absolute Gasteiger partial charge is 0.455 e. The van der Waals surface area contributed by atoms with E-state index >= 15 is 0 Å². The average Bonchev–Trinajstić information content (AvgIpc) is 2.33. The number of aldehydes is 1. The molecule has 0 unspecified atom stereocenters. The summed E-state index contributed by atoms with van der Waals surface area (Å²) in [5, 5.41) is 0.145. The monoisotopic (exact) mass is 328 g/mol. The third kappa shape index (κ3) is 2.89. The van der Waals surface area contributed by atoms with Gasteiger partial charge in [0.05, 0.1) is 10.6 Å². The predicted molar refractivity (Wildman–Crippen MR) is 71.0 cm³/mol. The molecule has 0 fully saturated rings. The molecule has 0 bridgehead atoms. The molecule has 0 aliphatic carbocycles. The molecule has 0 radical (unpaired) electrons. The number of rotatable bonds is 3. The van der Waals surface area contributed by atoms with Gasteiger partial charge in [0.1, 0.15) is 17.3 Å². The highest BCUT2D eigenvalue weighted by atomic mass is 79.9. The molecule has 0 atom stereocenters. The predicted octanol–water partition coefficient (Wildman–Crippen LogP) is 4.85. The van der Waals surface area contributed by atoms with Gasteiger partial charge in [-0.3, -0.25) is 4.79 Å². The molecule has 92 valence electrons. The standard InChI is InChI=1S/C13H7BrClFO2/c14-9-2-1-8(7-17)13(5-9)18-12-4-3-10(16)6-11(12)15/h1-7H. The second-order valence-corrected chi connectivity index (χ2v) is 4.80. The van der Waals surface area contributed by atoms with Crippen molar-refractivity contribution in [2.75, 3.05) is 0 Å². The minimum absolute atomic E-state index is 0.145. The van der Waals surface area contributed by atoms with E-state index in [4.69, 9.17) is 16.3 Å². The van der Waals surface area contributed by atoms with Gasteiger partial charge in [-0.25, -0.2) is 4.39 Å². The van der Waals surface area contributed by atoms with Gasteiger partial charge in [0, 0.05) is 4.47 Å². The van der Waals surface area contributed by atoms with Crippen LogP contribution in [0, 0.1) is 5.82 Å². The number of ether oxygens (including phenoxy) is 1. The van der Waals surface area contributed by atoms with Crippen molar-refractivity contribution in [2.24, 2.45) is 0 Å². The second kappa shape index (κ2) is 5.50. The molecule has 0 heterocycles. The first-order valence-electron chi connectivity index (χ1n) is 4.98. The first-order valence-corrected chi connectivity index (χ1v) is 6.15. The smallest absolute Gasteiger partial charge is 0.153 e. The minimum atomic E-state index is -0.447. The van der Waals surface area contributed by atoms with E-state index in [0.29, 0.717) is 23.3 Å². The topological polar surface area (TPSA) is 26.3 Å². The molecule has 0 aliphatic rings. The van der Waals surface area contributed by atoms with Crippen LogP contribution < -0.4 is 4.74 Å². The Morgan fingerprint density at radius 3 is 2.61 bits per heavy atom. The summed E-state index contributed by atoms with van der Waals surface area (Å²) in [6, 6.07) is 8.78. The third-order valence-corrected chi connectivity index (χ3v) is 3.01. The molecular weight excluding hydrogens is 322 g/mol. The summed E-state index contributed by atoms with van der Waals surface area (Å²) >= 11 is 9.13. The van der Waals surface area contributed by atoms with Crippen molar-refractivity contribution in [3.8, 4) is 11.5 Å². The Labute approximate surface area is 116 Å². The molecule has 5 heteroatoms. The van der Waals surface area contributed by atoms with Crippen molar-refractivity contribution in [1.29, 1.82) is 0 Å². The van der Waals surface area contributed by atoms with Gasteiger partial charge in [-0.15, -0.1) is 0 Å². The number of hydrogen-bond acceptors (Lipinski definition) is 2. The Morgan fingerprint density at radius 2 is 1.94 bits per heavy atom. The fraction of sp³-hybridized carbons (Fsp3) is 0. The molecule has 2 rings (SSSR count). The highest BCUT2D eigenvalue weighted by Crippen LogP contribution is 2.32. The lowest BCUT2D eigenvalue weighted by atomic mass is 10.2. The van der Waals surface area contributed by atoms with Gasteiger partial charge in [-0.2, -0.15) is 0 Å². The van der Waals surface area contributed by atoms with Gasteiger partial charge in [0.15, 0.2) is 6.29 Å². The van der Waals surface area contributed by atoms with Crippen LogP contribution in [-0.4, -0.2) is 6.29 Å². The molecule has 2 aromatic rings. The molecule has 2 nitrogen and oxygen atoms in total. The maximum atomic E-state index is 12.9. The SMILES string of the molecule is O=Cc1ccc(Br)cc1Oc1ccc(F)cc1Cl. The van der Waals surface area contributed by atoms with E-state index in [1.54, 1.807) is 18.2 Å². The van der Waals surface area contributed by atoms with Crippen LogP contribution in [0.5, 0.6) is 11.5 Å². The van der Waals surface area contributed by atoms with E-state index in [9.17, 15) is 9.18 Å². The molecule has 18 heavy (non-hydrogen) atoms.